The Morgan fingerprint density at radius 3 is 3.05 bits per heavy atom. The van der Waals surface area contributed by atoms with E-state index in [0.717, 1.165) is 36.8 Å². The van der Waals surface area contributed by atoms with E-state index in [4.69, 9.17) is 9.26 Å². The topological polar surface area (TPSA) is 63.4 Å². The first kappa shape index (κ1) is 14.7. The summed E-state index contributed by atoms with van der Waals surface area (Å²) in [7, 11) is 3.73. The van der Waals surface area contributed by atoms with Crippen LogP contribution < -0.4 is 10.1 Å². The Morgan fingerprint density at radius 2 is 2.23 bits per heavy atom. The highest BCUT2D eigenvalue weighted by molar-refractivity contribution is 5.69. The molecule has 6 nitrogen and oxygen atoms in total. The van der Waals surface area contributed by atoms with Gasteiger partial charge < -0.3 is 14.6 Å². The molecule has 116 valence electrons. The van der Waals surface area contributed by atoms with Crippen LogP contribution in [0.1, 0.15) is 23.3 Å². The molecule has 0 saturated carbocycles. The van der Waals surface area contributed by atoms with Gasteiger partial charge in [-0.2, -0.15) is 4.98 Å². The highest BCUT2D eigenvalue weighted by Gasteiger charge is 2.24. The van der Waals surface area contributed by atoms with Crippen molar-refractivity contribution in [3.63, 3.8) is 0 Å². The molecular formula is C16H20N4O2. The van der Waals surface area contributed by atoms with E-state index in [-0.39, 0.29) is 6.04 Å². The summed E-state index contributed by atoms with van der Waals surface area (Å²) in [5.74, 6) is 2.03. The number of nitrogens with one attached hydrogen (secondary N) is 1. The largest absolute Gasteiger partial charge is 0.496 e. The van der Waals surface area contributed by atoms with E-state index in [1.54, 1.807) is 7.11 Å². The van der Waals surface area contributed by atoms with Gasteiger partial charge in [-0.15, -0.1) is 0 Å². The van der Waals surface area contributed by atoms with Crippen molar-refractivity contribution in [1.82, 2.24) is 20.4 Å². The first-order valence-electron chi connectivity index (χ1n) is 7.33. The van der Waals surface area contributed by atoms with E-state index >= 15 is 0 Å². The Labute approximate surface area is 129 Å². The van der Waals surface area contributed by atoms with Gasteiger partial charge in [-0.05, 0) is 19.2 Å². The van der Waals surface area contributed by atoms with Crippen molar-refractivity contribution < 1.29 is 9.26 Å². The summed E-state index contributed by atoms with van der Waals surface area (Å²) in [5, 5.41) is 7.44. The molecular weight excluding hydrogens is 280 g/mol. The van der Waals surface area contributed by atoms with Crippen LogP contribution in [0.3, 0.4) is 0 Å². The molecule has 0 amide bonds. The van der Waals surface area contributed by atoms with Crippen molar-refractivity contribution in [2.75, 3.05) is 33.8 Å². The second kappa shape index (κ2) is 6.72. The molecule has 1 saturated heterocycles. The molecule has 1 atom stereocenters. The number of methoxy groups -OCH3 is 1. The molecule has 3 rings (SSSR count). The fourth-order valence-corrected chi connectivity index (χ4v) is 2.51. The molecule has 1 fully saturated rings. The van der Waals surface area contributed by atoms with E-state index in [1.165, 1.54) is 0 Å². The van der Waals surface area contributed by atoms with Crippen LogP contribution in [-0.2, 0) is 0 Å². The van der Waals surface area contributed by atoms with Crippen LogP contribution in [0, 0.1) is 0 Å². The molecule has 0 bridgehead atoms. The number of piperazine rings is 1. The van der Waals surface area contributed by atoms with Gasteiger partial charge in [0, 0.05) is 31.3 Å². The van der Waals surface area contributed by atoms with Crippen LogP contribution in [0.5, 0.6) is 5.75 Å². The average Bonchev–Trinajstić information content (AvgIpc) is 3.02. The Kier molecular flexibility index (Phi) is 4.50. The number of rotatable bonds is 4. The van der Waals surface area contributed by atoms with Gasteiger partial charge in [0.25, 0.3) is 5.89 Å². The summed E-state index contributed by atoms with van der Waals surface area (Å²) in [4.78, 5) is 6.70. The maximum Gasteiger partial charge on any atom is 0.250 e. The molecule has 1 aliphatic heterocycles. The number of aromatic nitrogens is 2. The van der Waals surface area contributed by atoms with Crippen LogP contribution in [0.15, 0.2) is 28.8 Å². The number of nitrogens with zero attached hydrogens (tertiary/aromatic N) is 3. The molecule has 6 heteroatoms. The third-order valence-corrected chi connectivity index (χ3v) is 3.81. The minimum absolute atomic E-state index is 0.158. The zero-order valence-corrected chi connectivity index (χ0v) is 12.8. The van der Waals surface area contributed by atoms with Gasteiger partial charge in [-0.1, -0.05) is 23.4 Å². The highest BCUT2D eigenvalue weighted by atomic mass is 16.5. The summed E-state index contributed by atoms with van der Waals surface area (Å²) < 4.78 is 10.6. The number of para-hydroxylation sites is 1. The molecule has 1 aliphatic rings. The van der Waals surface area contributed by atoms with Crippen molar-refractivity contribution in [2.24, 2.45) is 0 Å². The number of ether oxygens (including phenoxy) is 1. The summed E-state index contributed by atoms with van der Waals surface area (Å²) in [6.07, 6.45) is 3.73. The fraction of sp³-hybridized carbons (Fsp3) is 0.375. The predicted molar refractivity (Wildman–Crippen MR) is 84.5 cm³/mol. The van der Waals surface area contributed by atoms with Gasteiger partial charge in [0.1, 0.15) is 5.75 Å². The standard InChI is InChI=1S/C16H20N4O2/c1-20-10-9-17-11-13(20)16-18-15(22-19-16)8-7-12-5-3-4-6-14(12)21-2/h3-8,13,17H,9-11H2,1-2H3/b8-7+. The number of likely N-dealkylation sites (N-methyl/N-ethyl adjacent to an activating group) is 1. The lowest BCUT2D eigenvalue weighted by atomic mass is 10.2. The van der Waals surface area contributed by atoms with Crippen molar-refractivity contribution in [3.8, 4) is 5.75 Å². The molecule has 1 N–H and O–H groups in total. The molecule has 2 aromatic rings. The number of benzene rings is 1. The van der Waals surface area contributed by atoms with E-state index in [0.29, 0.717) is 5.89 Å². The summed E-state index contributed by atoms with van der Waals surface area (Å²) in [6.45, 7) is 2.81. The smallest absolute Gasteiger partial charge is 0.250 e. The van der Waals surface area contributed by atoms with Gasteiger partial charge in [-0.25, -0.2) is 0 Å². The quantitative estimate of drug-likeness (QED) is 0.929. The zero-order valence-electron chi connectivity index (χ0n) is 12.8. The second-order valence-corrected chi connectivity index (χ2v) is 5.27. The number of hydrogen-bond acceptors (Lipinski definition) is 6. The van der Waals surface area contributed by atoms with Crippen molar-refractivity contribution in [3.05, 3.63) is 41.5 Å². The average molecular weight is 300 g/mol. The molecule has 1 aromatic heterocycles. The molecule has 0 spiro atoms. The van der Waals surface area contributed by atoms with E-state index in [2.05, 4.69) is 27.4 Å². The van der Waals surface area contributed by atoms with E-state index in [9.17, 15) is 0 Å². The first-order valence-corrected chi connectivity index (χ1v) is 7.33. The van der Waals surface area contributed by atoms with Gasteiger partial charge in [0.05, 0.1) is 13.2 Å². The first-order chi connectivity index (χ1) is 10.8. The lowest BCUT2D eigenvalue weighted by molar-refractivity contribution is 0.190. The summed E-state index contributed by atoms with van der Waals surface area (Å²) >= 11 is 0. The second-order valence-electron chi connectivity index (χ2n) is 5.27. The summed E-state index contributed by atoms with van der Waals surface area (Å²) in [6, 6.07) is 7.95. The van der Waals surface area contributed by atoms with E-state index < -0.39 is 0 Å². The van der Waals surface area contributed by atoms with Crippen LogP contribution in [0.4, 0.5) is 0 Å². The lowest BCUT2D eigenvalue weighted by Crippen LogP contribution is -2.44. The normalized spacial score (nSPS) is 19.6. The predicted octanol–water partition coefficient (Wildman–Crippen LogP) is 1.82. The third-order valence-electron chi connectivity index (χ3n) is 3.81. The van der Waals surface area contributed by atoms with Gasteiger partial charge >= 0.3 is 0 Å². The Morgan fingerprint density at radius 1 is 1.36 bits per heavy atom. The van der Waals surface area contributed by atoms with Gasteiger partial charge in [0.15, 0.2) is 5.82 Å². The zero-order chi connectivity index (χ0) is 15.4. The Hall–Kier alpha value is -2.18. The van der Waals surface area contributed by atoms with Crippen LogP contribution in [0.2, 0.25) is 0 Å². The highest BCUT2D eigenvalue weighted by Crippen LogP contribution is 2.21. The van der Waals surface area contributed by atoms with Crippen LogP contribution in [0.25, 0.3) is 12.2 Å². The number of hydrogen-bond donors (Lipinski definition) is 1. The summed E-state index contributed by atoms with van der Waals surface area (Å²) in [5.41, 5.74) is 0.973. The van der Waals surface area contributed by atoms with Gasteiger partial charge in [0.2, 0.25) is 0 Å². The molecule has 22 heavy (non-hydrogen) atoms. The lowest BCUT2D eigenvalue weighted by Gasteiger charge is -2.30. The van der Waals surface area contributed by atoms with Crippen molar-refractivity contribution >= 4 is 12.2 Å². The Bertz CT molecular complexity index is 653. The minimum atomic E-state index is 0.158. The van der Waals surface area contributed by atoms with Crippen LogP contribution in [-0.4, -0.2) is 48.8 Å². The molecule has 0 radical (unpaired) electrons. The van der Waals surface area contributed by atoms with Crippen molar-refractivity contribution in [2.45, 2.75) is 6.04 Å². The Balaban J connectivity index is 1.75. The molecule has 0 aliphatic carbocycles. The minimum Gasteiger partial charge on any atom is -0.496 e. The fourth-order valence-electron chi connectivity index (χ4n) is 2.51. The van der Waals surface area contributed by atoms with Crippen LogP contribution >= 0.6 is 0 Å². The van der Waals surface area contributed by atoms with Crippen molar-refractivity contribution in [1.29, 1.82) is 0 Å². The molecule has 2 heterocycles. The van der Waals surface area contributed by atoms with E-state index in [1.807, 2.05) is 36.4 Å². The third kappa shape index (κ3) is 3.18. The monoisotopic (exact) mass is 300 g/mol. The molecule has 1 unspecified atom stereocenters. The SMILES string of the molecule is COc1ccccc1/C=C/c1nc(C2CNCCN2C)no1. The maximum absolute atomic E-state index is 5.32. The maximum atomic E-state index is 5.32. The van der Waals surface area contributed by atoms with Gasteiger partial charge in [-0.3, -0.25) is 4.90 Å². The molecule has 1 aromatic carbocycles.